The highest BCUT2D eigenvalue weighted by atomic mass is 16.6. The number of benzene rings is 1. The molecule has 0 amide bonds. The summed E-state index contributed by atoms with van der Waals surface area (Å²) in [5, 5.41) is 0. The normalized spacial score (nSPS) is 40.0. The molecule has 1 aromatic rings. The van der Waals surface area contributed by atoms with Crippen molar-refractivity contribution in [2.75, 3.05) is 0 Å². The van der Waals surface area contributed by atoms with E-state index in [0.717, 1.165) is 30.2 Å². The van der Waals surface area contributed by atoms with E-state index in [0.29, 0.717) is 0 Å². The summed E-state index contributed by atoms with van der Waals surface area (Å²) in [5.74, 6) is 1.40. The van der Waals surface area contributed by atoms with Crippen LogP contribution >= 0.6 is 0 Å². The molecule has 110 valence electrons. The SMILES string of the molecule is CC12CC3CC(C1)CC2(OC(=O)C=Cc1ccccc1)C3. The Labute approximate surface area is 126 Å². The minimum Gasteiger partial charge on any atom is -0.455 e. The summed E-state index contributed by atoms with van der Waals surface area (Å²) in [7, 11) is 0. The van der Waals surface area contributed by atoms with Crippen molar-refractivity contribution in [2.24, 2.45) is 17.3 Å². The van der Waals surface area contributed by atoms with Crippen LogP contribution in [-0.2, 0) is 9.53 Å². The average Bonchev–Trinajstić information content (AvgIpc) is 2.75. The lowest BCUT2D eigenvalue weighted by molar-refractivity contribution is -0.162. The van der Waals surface area contributed by atoms with Gasteiger partial charge in [-0.05, 0) is 55.6 Å². The number of ether oxygens (including phenoxy) is 1. The number of esters is 1. The highest BCUT2D eigenvalue weighted by molar-refractivity contribution is 5.87. The number of rotatable bonds is 3. The van der Waals surface area contributed by atoms with Crippen LogP contribution in [0.5, 0.6) is 0 Å². The second-order valence-corrected chi connectivity index (χ2v) is 7.50. The topological polar surface area (TPSA) is 26.3 Å². The third-order valence-electron chi connectivity index (χ3n) is 5.99. The molecule has 2 unspecified atom stereocenters. The van der Waals surface area contributed by atoms with E-state index in [2.05, 4.69) is 6.92 Å². The molecule has 0 spiro atoms. The van der Waals surface area contributed by atoms with Crippen LogP contribution in [0, 0.1) is 17.3 Å². The molecule has 21 heavy (non-hydrogen) atoms. The van der Waals surface area contributed by atoms with Gasteiger partial charge >= 0.3 is 5.97 Å². The van der Waals surface area contributed by atoms with E-state index in [1.165, 1.54) is 19.3 Å². The zero-order chi connectivity index (χ0) is 14.5. The maximum Gasteiger partial charge on any atom is 0.331 e. The fourth-order valence-corrected chi connectivity index (χ4v) is 5.35. The number of hydrogen-bond acceptors (Lipinski definition) is 2. The molecule has 1 aromatic carbocycles. The molecule has 0 N–H and O–H groups in total. The van der Waals surface area contributed by atoms with E-state index in [1.807, 2.05) is 36.4 Å². The first-order chi connectivity index (χ1) is 10.1. The van der Waals surface area contributed by atoms with Crippen LogP contribution in [0.4, 0.5) is 0 Å². The van der Waals surface area contributed by atoms with E-state index < -0.39 is 0 Å². The zero-order valence-electron chi connectivity index (χ0n) is 12.5. The molecule has 2 atom stereocenters. The van der Waals surface area contributed by atoms with E-state index in [9.17, 15) is 4.79 Å². The van der Waals surface area contributed by atoms with Gasteiger partial charge in [-0.15, -0.1) is 0 Å². The predicted octanol–water partition coefficient (Wildman–Crippen LogP) is 4.21. The van der Waals surface area contributed by atoms with Gasteiger partial charge in [0.2, 0.25) is 0 Å². The summed E-state index contributed by atoms with van der Waals surface area (Å²) in [5.41, 5.74) is 1.10. The van der Waals surface area contributed by atoms with Gasteiger partial charge in [-0.25, -0.2) is 4.79 Å². The third-order valence-corrected chi connectivity index (χ3v) is 5.99. The van der Waals surface area contributed by atoms with Crippen molar-refractivity contribution in [2.45, 2.75) is 44.6 Å². The molecule has 0 radical (unpaired) electrons. The first kappa shape index (κ1) is 13.1. The predicted molar refractivity (Wildman–Crippen MR) is 82.5 cm³/mol. The average molecular weight is 282 g/mol. The molecule has 0 aliphatic heterocycles. The zero-order valence-corrected chi connectivity index (χ0v) is 12.5. The van der Waals surface area contributed by atoms with E-state index in [-0.39, 0.29) is 17.0 Å². The number of hydrogen-bond donors (Lipinski definition) is 0. The van der Waals surface area contributed by atoms with Gasteiger partial charge in [0.05, 0.1) is 0 Å². The molecule has 4 saturated carbocycles. The van der Waals surface area contributed by atoms with E-state index >= 15 is 0 Å². The third kappa shape index (κ3) is 2.04. The Morgan fingerprint density at radius 2 is 1.81 bits per heavy atom. The van der Waals surface area contributed by atoms with Gasteiger partial charge < -0.3 is 4.74 Å². The summed E-state index contributed by atoms with van der Waals surface area (Å²) in [6.45, 7) is 2.33. The van der Waals surface area contributed by atoms with Crippen LogP contribution in [0.1, 0.15) is 44.6 Å². The summed E-state index contributed by atoms with van der Waals surface area (Å²) in [4.78, 5) is 12.3. The first-order valence-corrected chi connectivity index (χ1v) is 8.05. The molecule has 4 bridgehead atoms. The number of carbonyl (C=O) groups excluding carboxylic acids is 1. The second-order valence-electron chi connectivity index (χ2n) is 7.50. The fourth-order valence-electron chi connectivity index (χ4n) is 5.35. The van der Waals surface area contributed by atoms with Crippen LogP contribution in [0.2, 0.25) is 0 Å². The van der Waals surface area contributed by atoms with Gasteiger partial charge in [0.25, 0.3) is 0 Å². The molecule has 0 saturated heterocycles. The van der Waals surface area contributed by atoms with Gasteiger partial charge in [0.15, 0.2) is 0 Å². The standard InChI is InChI=1S/C19H22O2/c1-18-10-15-9-16(11-18)13-19(18,12-15)21-17(20)8-7-14-5-3-2-4-6-14/h2-8,15-16H,9-13H2,1H3. The highest BCUT2D eigenvalue weighted by Gasteiger charge is 2.66. The quantitative estimate of drug-likeness (QED) is 0.613. The van der Waals surface area contributed by atoms with Crippen molar-refractivity contribution in [3.8, 4) is 0 Å². The summed E-state index contributed by atoms with van der Waals surface area (Å²) in [6.07, 6.45) is 9.47. The molecule has 0 heterocycles. The molecule has 4 aliphatic carbocycles. The van der Waals surface area contributed by atoms with E-state index in [4.69, 9.17) is 4.74 Å². The van der Waals surface area contributed by atoms with Gasteiger partial charge in [-0.3, -0.25) is 0 Å². The molecular weight excluding hydrogens is 260 g/mol. The Morgan fingerprint density at radius 1 is 1.14 bits per heavy atom. The molecule has 2 heteroatoms. The van der Waals surface area contributed by atoms with Gasteiger partial charge in [0, 0.05) is 11.5 Å². The minimum atomic E-state index is -0.173. The fraction of sp³-hybridized carbons (Fsp3) is 0.526. The van der Waals surface area contributed by atoms with Gasteiger partial charge in [0.1, 0.15) is 5.60 Å². The van der Waals surface area contributed by atoms with E-state index in [1.54, 1.807) is 6.08 Å². The van der Waals surface area contributed by atoms with Crippen LogP contribution in [0.25, 0.3) is 6.08 Å². The summed E-state index contributed by atoms with van der Waals surface area (Å²) in [6, 6.07) is 9.91. The molecular formula is C19H22O2. The Balaban J connectivity index is 1.49. The Morgan fingerprint density at radius 3 is 2.48 bits per heavy atom. The number of carbonyl (C=O) groups is 1. The first-order valence-electron chi connectivity index (χ1n) is 8.05. The van der Waals surface area contributed by atoms with Gasteiger partial charge in [-0.1, -0.05) is 37.3 Å². The Bertz CT molecular complexity index is 573. The lowest BCUT2D eigenvalue weighted by atomic mass is 9.76. The van der Waals surface area contributed by atoms with Gasteiger partial charge in [-0.2, -0.15) is 0 Å². The smallest absolute Gasteiger partial charge is 0.331 e. The summed E-state index contributed by atoms with van der Waals surface area (Å²) >= 11 is 0. The van der Waals surface area contributed by atoms with Crippen molar-refractivity contribution in [1.29, 1.82) is 0 Å². The molecule has 4 fully saturated rings. The molecule has 5 rings (SSSR count). The minimum absolute atomic E-state index is 0.168. The lowest BCUT2D eigenvalue weighted by Crippen LogP contribution is -2.41. The Hall–Kier alpha value is -1.57. The molecule has 2 nitrogen and oxygen atoms in total. The van der Waals surface area contributed by atoms with Crippen molar-refractivity contribution >= 4 is 12.0 Å². The van der Waals surface area contributed by atoms with Crippen molar-refractivity contribution in [3.63, 3.8) is 0 Å². The second kappa shape index (κ2) is 4.46. The lowest BCUT2D eigenvalue weighted by Gasteiger charge is -2.37. The van der Waals surface area contributed by atoms with Crippen LogP contribution in [0.3, 0.4) is 0 Å². The molecule has 4 aliphatic rings. The van der Waals surface area contributed by atoms with Crippen LogP contribution < -0.4 is 0 Å². The Kier molecular flexibility index (Phi) is 2.79. The monoisotopic (exact) mass is 282 g/mol. The maximum atomic E-state index is 12.3. The molecule has 0 aromatic heterocycles. The van der Waals surface area contributed by atoms with Crippen molar-refractivity contribution in [1.82, 2.24) is 0 Å². The van der Waals surface area contributed by atoms with Crippen molar-refractivity contribution < 1.29 is 9.53 Å². The van der Waals surface area contributed by atoms with Crippen LogP contribution in [-0.4, -0.2) is 11.6 Å². The van der Waals surface area contributed by atoms with Crippen LogP contribution in [0.15, 0.2) is 36.4 Å². The van der Waals surface area contributed by atoms with Crippen molar-refractivity contribution in [3.05, 3.63) is 42.0 Å². The maximum absolute atomic E-state index is 12.3. The summed E-state index contributed by atoms with van der Waals surface area (Å²) < 4.78 is 6.02. The largest absolute Gasteiger partial charge is 0.455 e. The highest BCUT2D eigenvalue weighted by Crippen LogP contribution is 2.68.